The van der Waals surface area contributed by atoms with E-state index in [-0.39, 0.29) is 6.04 Å². The van der Waals surface area contributed by atoms with Crippen LogP contribution in [0.5, 0.6) is 0 Å². The molecule has 0 radical (unpaired) electrons. The molecule has 10 heteroatoms. The average Bonchev–Trinajstić information content (AvgIpc) is 2.70. The Morgan fingerprint density at radius 3 is 2.15 bits per heavy atom. The van der Waals surface area contributed by atoms with E-state index in [0.29, 0.717) is 5.56 Å². The zero-order valence-electron chi connectivity index (χ0n) is 20.7. The van der Waals surface area contributed by atoms with Gasteiger partial charge in [-0.3, -0.25) is 14.4 Å². The Bertz CT molecular complexity index is 915. The summed E-state index contributed by atoms with van der Waals surface area (Å²) < 4.78 is 5.19. The van der Waals surface area contributed by atoms with Crippen molar-refractivity contribution in [2.45, 2.75) is 78.1 Å². The molecule has 1 rings (SSSR count). The molecule has 0 aliphatic heterocycles. The molecule has 0 spiro atoms. The first kappa shape index (κ1) is 28.4. The molecular formula is C24H35N5O5. The van der Waals surface area contributed by atoms with Gasteiger partial charge in [-0.2, -0.15) is 5.26 Å². The van der Waals surface area contributed by atoms with Crippen molar-refractivity contribution in [2.75, 3.05) is 6.54 Å². The standard InChI is InChI=1S/C24H35N5O5/c1-7-16-8-10-17(11-9-16)20(21(31)27-15(2)3)29(13-12-25)22(32)18(14-19(26)30)28-23(33)34-24(4,5)6/h8-11,15,18,20H,7,13-14H2,1-6H3,(H2,26,30)(H,27,31)(H,28,33). The number of hydrogen-bond donors (Lipinski definition) is 3. The monoisotopic (exact) mass is 473 g/mol. The van der Waals surface area contributed by atoms with Crippen molar-refractivity contribution in [2.24, 2.45) is 5.73 Å². The first-order valence-corrected chi connectivity index (χ1v) is 11.1. The number of nitrogens with two attached hydrogens (primary N) is 1. The molecule has 10 nitrogen and oxygen atoms in total. The van der Waals surface area contributed by atoms with E-state index in [1.54, 1.807) is 46.8 Å². The Morgan fingerprint density at radius 1 is 1.12 bits per heavy atom. The summed E-state index contributed by atoms with van der Waals surface area (Å²) in [6, 6.07) is 6.16. The van der Waals surface area contributed by atoms with Gasteiger partial charge >= 0.3 is 6.09 Å². The van der Waals surface area contributed by atoms with Gasteiger partial charge < -0.3 is 26.0 Å². The van der Waals surface area contributed by atoms with Crippen LogP contribution in [0.4, 0.5) is 4.79 Å². The normalized spacial score (nSPS) is 12.8. The zero-order valence-corrected chi connectivity index (χ0v) is 20.7. The fourth-order valence-corrected chi connectivity index (χ4v) is 3.20. The van der Waals surface area contributed by atoms with Gasteiger partial charge in [-0.25, -0.2) is 4.79 Å². The van der Waals surface area contributed by atoms with Gasteiger partial charge in [-0.1, -0.05) is 31.2 Å². The number of hydrogen-bond acceptors (Lipinski definition) is 6. The summed E-state index contributed by atoms with van der Waals surface area (Å²) in [5, 5.41) is 14.6. The molecule has 1 aromatic rings. The lowest BCUT2D eigenvalue weighted by atomic mass is 10.00. The number of amides is 4. The van der Waals surface area contributed by atoms with Gasteiger partial charge in [-0.05, 0) is 52.2 Å². The van der Waals surface area contributed by atoms with E-state index in [0.717, 1.165) is 16.9 Å². The van der Waals surface area contributed by atoms with Crippen molar-refractivity contribution in [3.63, 3.8) is 0 Å². The second-order valence-electron chi connectivity index (χ2n) is 9.15. The first-order chi connectivity index (χ1) is 15.8. The van der Waals surface area contributed by atoms with E-state index in [1.165, 1.54) is 0 Å². The second-order valence-corrected chi connectivity index (χ2v) is 9.15. The predicted molar refractivity (Wildman–Crippen MR) is 126 cm³/mol. The highest BCUT2D eigenvalue weighted by Gasteiger charge is 2.37. The van der Waals surface area contributed by atoms with Gasteiger partial charge in [0.25, 0.3) is 0 Å². The Morgan fingerprint density at radius 2 is 1.71 bits per heavy atom. The van der Waals surface area contributed by atoms with Crippen LogP contribution in [0.2, 0.25) is 0 Å². The van der Waals surface area contributed by atoms with Gasteiger partial charge in [0.1, 0.15) is 24.2 Å². The van der Waals surface area contributed by atoms with E-state index < -0.39 is 54.5 Å². The van der Waals surface area contributed by atoms with Crippen LogP contribution in [0.15, 0.2) is 24.3 Å². The molecule has 0 aliphatic rings. The van der Waals surface area contributed by atoms with Crippen molar-refractivity contribution >= 4 is 23.8 Å². The molecule has 2 unspecified atom stereocenters. The molecule has 2 atom stereocenters. The van der Waals surface area contributed by atoms with Gasteiger partial charge in [0.05, 0.1) is 12.5 Å². The molecule has 0 heterocycles. The van der Waals surface area contributed by atoms with Crippen LogP contribution in [0.3, 0.4) is 0 Å². The number of benzene rings is 1. The number of carbonyl (C=O) groups is 4. The van der Waals surface area contributed by atoms with Crippen molar-refractivity contribution in [1.29, 1.82) is 5.26 Å². The lowest BCUT2D eigenvalue weighted by Gasteiger charge is -2.33. The Balaban J connectivity index is 3.44. The number of ether oxygens (including phenoxy) is 1. The Labute approximate surface area is 200 Å². The zero-order chi connectivity index (χ0) is 26.1. The lowest BCUT2D eigenvalue weighted by molar-refractivity contribution is -0.142. The van der Waals surface area contributed by atoms with Crippen LogP contribution in [0.1, 0.15) is 65.1 Å². The fourth-order valence-electron chi connectivity index (χ4n) is 3.20. The van der Waals surface area contributed by atoms with E-state index in [9.17, 15) is 24.4 Å². The van der Waals surface area contributed by atoms with Crippen molar-refractivity contribution in [1.82, 2.24) is 15.5 Å². The maximum atomic E-state index is 13.5. The third-order valence-electron chi connectivity index (χ3n) is 4.61. The first-order valence-electron chi connectivity index (χ1n) is 11.1. The second kappa shape index (κ2) is 12.6. The number of nitrogens with one attached hydrogen (secondary N) is 2. The van der Waals surface area contributed by atoms with Crippen LogP contribution >= 0.6 is 0 Å². The molecular weight excluding hydrogens is 438 g/mol. The van der Waals surface area contributed by atoms with E-state index in [2.05, 4.69) is 10.6 Å². The van der Waals surface area contributed by atoms with Crippen LogP contribution in [-0.2, 0) is 25.5 Å². The van der Waals surface area contributed by atoms with E-state index in [1.807, 2.05) is 25.1 Å². The highest BCUT2D eigenvalue weighted by Crippen LogP contribution is 2.24. The van der Waals surface area contributed by atoms with Crippen LogP contribution in [0.25, 0.3) is 0 Å². The third kappa shape index (κ3) is 9.10. The summed E-state index contributed by atoms with van der Waals surface area (Å²) in [4.78, 5) is 51.7. The predicted octanol–water partition coefficient (Wildman–Crippen LogP) is 1.94. The summed E-state index contributed by atoms with van der Waals surface area (Å²) in [6.45, 7) is 10.00. The number of nitrogens with zero attached hydrogens (tertiary/aromatic N) is 2. The van der Waals surface area contributed by atoms with Gasteiger partial charge in [0.15, 0.2) is 0 Å². The maximum Gasteiger partial charge on any atom is 0.408 e. The molecule has 0 fully saturated rings. The largest absolute Gasteiger partial charge is 0.444 e. The number of rotatable bonds is 10. The maximum absolute atomic E-state index is 13.5. The molecule has 0 saturated carbocycles. The molecule has 0 bridgehead atoms. The van der Waals surface area contributed by atoms with Crippen molar-refractivity contribution < 1.29 is 23.9 Å². The van der Waals surface area contributed by atoms with Gasteiger partial charge in [0.2, 0.25) is 17.7 Å². The minimum Gasteiger partial charge on any atom is -0.444 e. The molecule has 4 N–H and O–H groups in total. The number of nitriles is 1. The number of primary amides is 1. The summed E-state index contributed by atoms with van der Waals surface area (Å²) in [5.41, 5.74) is 5.97. The smallest absolute Gasteiger partial charge is 0.408 e. The SMILES string of the molecule is CCc1ccc(C(C(=O)NC(C)C)N(CC#N)C(=O)C(CC(N)=O)NC(=O)OC(C)(C)C)cc1. The van der Waals surface area contributed by atoms with E-state index >= 15 is 0 Å². The molecule has 0 saturated heterocycles. The average molecular weight is 474 g/mol. The lowest BCUT2D eigenvalue weighted by Crippen LogP contribution is -2.54. The minimum atomic E-state index is -1.43. The number of aryl methyl sites for hydroxylation is 1. The summed E-state index contributed by atoms with van der Waals surface area (Å²) >= 11 is 0. The van der Waals surface area contributed by atoms with Crippen LogP contribution in [-0.4, -0.2) is 52.9 Å². The van der Waals surface area contributed by atoms with Crippen LogP contribution in [0, 0.1) is 11.3 Å². The summed E-state index contributed by atoms with van der Waals surface area (Å²) in [6.07, 6.45) is -0.683. The number of carbonyl (C=O) groups excluding carboxylic acids is 4. The quantitative estimate of drug-likeness (QED) is 0.441. The molecule has 34 heavy (non-hydrogen) atoms. The molecule has 0 aliphatic carbocycles. The molecule has 1 aromatic carbocycles. The highest BCUT2D eigenvalue weighted by atomic mass is 16.6. The topological polar surface area (TPSA) is 155 Å². The Kier molecular flexibility index (Phi) is 10.5. The minimum absolute atomic E-state index is 0.231. The third-order valence-corrected chi connectivity index (χ3v) is 4.61. The van der Waals surface area contributed by atoms with Gasteiger partial charge in [0, 0.05) is 6.04 Å². The molecule has 0 aromatic heterocycles. The fraction of sp³-hybridized carbons (Fsp3) is 0.542. The molecule has 186 valence electrons. The summed E-state index contributed by atoms with van der Waals surface area (Å²) in [7, 11) is 0. The Hall–Kier alpha value is -3.61. The summed E-state index contributed by atoms with van der Waals surface area (Å²) in [5.74, 6) is -2.16. The van der Waals surface area contributed by atoms with Gasteiger partial charge in [-0.15, -0.1) is 0 Å². The number of alkyl carbamates (subject to hydrolysis) is 1. The highest BCUT2D eigenvalue weighted by molar-refractivity contribution is 5.94. The van der Waals surface area contributed by atoms with E-state index in [4.69, 9.17) is 10.5 Å². The van der Waals surface area contributed by atoms with Crippen molar-refractivity contribution in [3.05, 3.63) is 35.4 Å². The molecule has 4 amide bonds. The van der Waals surface area contributed by atoms with Crippen molar-refractivity contribution in [3.8, 4) is 6.07 Å². The van der Waals surface area contributed by atoms with Crippen LogP contribution < -0.4 is 16.4 Å².